The first-order chi connectivity index (χ1) is 1.73. The van der Waals surface area contributed by atoms with Crippen molar-refractivity contribution in [2.75, 3.05) is 0 Å². The zero-order valence-corrected chi connectivity index (χ0v) is 5.63. The van der Waals surface area contributed by atoms with Gasteiger partial charge >= 0.3 is 75.1 Å². The molecule has 0 atom stereocenters. The molecule has 34 valence electrons. The number of hydrogen-bond donors (Lipinski definition) is 3. The average molecular weight is 353 g/mol. The van der Waals surface area contributed by atoms with E-state index in [9.17, 15) is 0 Å². The third-order valence-electron chi connectivity index (χ3n) is 0. The Bertz CT molecular complexity index is 19.7. The Morgan fingerprint density at radius 1 is 1.00 bits per heavy atom. The molecule has 0 unspecified atom stereocenters. The Hall–Kier alpha value is 3.46. The van der Waals surface area contributed by atoms with Gasteiger partial charge in [-0.3, -0.25) is 0 Å². The number of rotatable bonds is 0. The van der Waals surface area contributed by atoms with Crippen LogP contribution in [0.5, 0.6) is 0 Å². The van der Waals surface area contributed by atoms with Crippen LogP contribution in [-0.2, 0) is 0 Å². The summed E-state index contributed by atoms with van der Waals surface area (Å²) in [7, 11) is -2.17. The first kappa shape index (κ1) is 22.4. The summed E-state index contributed by atoms with van der Waals surface area (Å²) in [6.45, 7) is 0. The number of hydrogen-bond acceptors (Lipinski definition) is 3. The Morgan fingerprint density at radius 2 is 1.00 bits per heavy atom. The summed E-state index contributed by atoms with van der Waals surface area (Å²) in [5.41, 5.74) is 0. The third kappa shape index (κ3) is 43.9. The maximum Gasteiger partial charge on any atom is 0 e. The molecule has 0 spiro atoms. The van der Waals surface area contributed by atoms with E-state index in [2.05, 4.69) is 0 Å². The Balaban J connectivity index is -0.0000000150. The van der Waals surface area contributed by atoms with E-state index >= 15 is 0 Å². The van der Waals surface area contributed by atoms with Gasteiger partial charge in [0.2, 0.25) is 0 Å². The van der Waals surface area contributed by atoms with Gasteiger partial charge in [0.1, 0.15) is 0 Å². The van der Waals surface area contributed by atoms with Crippen molar-refractivity contribution in [3.05, 3.63) is 0 Å². The molecule has 0 heterocycles. The normalized spacial score (nSPS) is 3.86. The van der Waals surface area contributed by atoms with Gasteiger partial charge in [-0.2, -0.15) is 0 Å². The Morgan fingerprint density at radius 3 is 1.00 bits per heavy atom. The van der Waals surface area contributed by atoms with Gasteiger partial charge < -0.3 is 15.1 Å². The molecule has 0 saturated heterocycles. The molecule has 0 aromatic heterocycles. The molecule has 0 fully saturated rings. The summed E-state index contributed by atoms with van der Waals surface area (Å²) in [6, 6.07) is 0. The largest absolute Gasteiger partial charge is 0 e. The molecule has 3 N–H and O–H groups in total. The van der Waals surface area contributed by atoms with E-state index in [-0.39, 0.29) is 109 Å². The second kappa shape index (κ2) is 16.2. The van der Waals surface area contributed by atoms with Crippen molar-refractivity contribution >= 4 is 75.1 Å². The van der Waals surface area contributed by atoms with Crippen molar-refractivity contribution < 1.29 is 55.9 Å². The SMILES string of the molecule is OB(O)O.[BaH2].[LiH].[Nd]. The standard InChI is InChI=1S/BH3O3.Ba.Li.Nd.3H/c2-1(3)4;;;;;;/h2-4H;;;;;;. The van der Waals surface area contributed by atoms with Crippen molar-refractivity contribution in [2.24, 2.45) is 0 Å². The molecule has 0 aliphatic rings. The minimum absolute atomic E-state index is 0. The van der Waals surface area contributed by atoms with E-state index in [1.54, 1.807) is 0 Å². The molecular weight excluding hydrogens is 347 g/mol. The first-order valence-corrected chi connectivity index (χ1v) is 0.775. The molecule has 0 aromatic rings. The van der Waals surface area contributed by atoms with Gasteiger partial charge in [-0.15, -0.1) is 0 Å². The predicted molar refractivity (Wildman–Crippen MR) is 28.1 cm³/mol. The molecule has 0 amide bonds. The molecule has 3 nitrogen and oxygen atoms in total. The Kier molecular flexibility index (Phi) is 52.0. The van der Waals surface area contributed by atoms with Crippen LogP contribution in [-0.4, -0.2) is 90.1 Å². The zero-order valence-electron chi connectivity index (χ0n) is 2.42. The molecule has 0 aliphatic carbocycles. The van der Waals surface area contributed by atoms with E-state index < -0.39 is 7.32 Å². The topological polar surface area (TPSA) is 60.7 Å². The van der Waals surface area contributed by atoms with Gasteiger partial charge in [-0.05, 0) is 0 Å². The van der Waals surface area contributed by atoms with Gasteiger partial charge in [0.05, 0.1) is 0 Å². The van der Waals surface area contributed by atoms with Crippen molar-refractivity contribution in [2.45, 2.75) is 0 Å². The van der Waals surface area contributed by atoms with Gasteiger partial charge in [0.15, 0.2) is 0 Å². The summed E-state index contributed by atoms with van der Waals surface area (Å²) in [6.07, 6.45) is 0. The van der Waals surface area contributed by atoms with Crippen molar-refractivity contribution in [1.29, 1.82) is 0 Å². The van der Waals surface area contributed by atoms with Gasteiger partial charge in [-0.25, -0.2) is 0 Å². The van der Waals surface area contributed by atoms with Crippen LogP contribution in [0, 0.1) is 40.8 Å². The van der Waals surface area contributed by atoms with Crippen LogP contribution < -0.4 is 0 Å². The van der Waals surface area contributed by atoms with Crippen molar-refractivity contribution in [3.8, 4) is 0 Å². The van der Waals surface area contributed by atoms with Crippen LogP contribution in [0.2, 0.25) is 0 Å². The van der Waals surface area contributed by atoms with E-state index in [0.717, 1.165) is 0 Å². The molecule has 0 saturated carbocycles. The summed E-state index contributed by atoms with van der Waals surface area (Å²) in [4.78, 5) is 0. The molecule has 7 heavy (non-hydrogen) atoms. The van der Waals surface area contributed by atoms with Gasteiger partial charge in [0, 0.05) is 40.8 Å². The van der Waals surface area contributed by atoms with Crippen LogP contribution in [0.25, 0.3) is 0 Å². The second-order valence-corrected chi connectivity index (χ2v) is 0.346. The molecular formula is H6BBaLiNdO3. The molecule has 0 radical (unpaired) electrons. The second-order valence-electron chi connectivity index (χ2n) is 0.346. The van der Waals surface area contributed by atoms with Crippen molar-refractivity contribution in [3.63, 3.8) is 0 Å². The van der Waals surface area contributed by atoms with Gasteiger partial charge in [-0.1, -0.05) is 0 Å². The fourth-order valence-corrected chi connectivity index (χ4v) is 0. The van der Waals surface area contributed by atoms with Crippen molar-refractivity contribution in [1.82, 2.24) is 0 Å². The summed E-state index contributed by atoms with van der Waals surface area (Å²) >= 11 is 0. The van der Waals surface area contributed by atoms with Crippen LogP contribution in [0.4, 0.5) is 0 Å². The zero-order chi connectivity index (χ0) is 3.58. The molecule has 0 bridgehead atoms. The Labute approximate surface area is 128 Å². The van der Waals surface area contributed by atoms with Crippen LogP contribution in [0.15, 0.2) is 0 Å². The van der Waals surface area contributed by atoms with E-state index in [4.69, 9.17) is 15.1 Å². The van der Waals surface area contributed by atoms with Gasteiger partial charge in [0.25, 0.3) is 0 Å². The molecule has 7 heteroatoms. The maximum atomic E-state index is 7.17. The minimum atomic E-state index is -2.17. The fraction of sp³-hybridized carbons (Fsp3) is 0. The fourth-order valence-electron chi connectivity index (χ4n) is 0. The predicted octanol–water partition coefficient (Wildman–Crippen LogP) is -3.62. The first-order valence-electron chi connectivity index (χ1n) is 0.775. The summed E-state index contributed by atoms with van der Waals surface area (Å²) in [5.74, 6) is 0. The summed E-state index contributed by atoms with van der Waals surface area (Å²) in [5, 5.41) is 21.5. The quantitative estimate of drug-likeness (QED) is 0.394. The monoisotopic (exact) mass is 352 g/mol. The molecule has 0 rings (SSSR count). The smallest absolute Gasteiger partial charge is 0 e. The maximum absolute atomic E-state index is 7.17. The molecule has 0 aromatic carbocycles. The van der Waals surface area contributed by atoms with Crippen LogP contribution in [0.1, 0.15) is 0 Å². The summed E-state index contributed by atoms with van der Waals surface area (Å²) < 4.78 is 0. The van der Waals surface area contributed by atoms with E-state index in [1.165, 1.54) is 0 Å². The minimum Gasteiger partial charge on any atom is 0 e. The van der Waals surface area contributed by atoms with Crippen LogP contribution >= 0.6 is 0 Å². The molecule has 0 aliphatic heterocycles. The third-order valence-corrected chi connectivity index (χ3v) is 0. The van der Waals surface area contributed by atoms with E-state index in [1.807, 2.05) is 0 Å². The average Bonchev–Trinajstić information content (AvgIpc) is 0.811. The van der Waals surface area contributed by atoms with E-state index in [0.29, 0.717) is 0 Å². The van der Waals surface area contributed by atoms with Crippen LogP contribution in [0.3, 0.4) is 0 Å².